The van der Waals surface area contributed by atoms with Gasteiger partial charge in [-0.15, -0.1) is 12.4 Å². The molecule has 0 saturated heterocycles. The maximum Gasteiger partial charge on any atom is 0.342 e. The van der Waals surface area contributed by atoms with Crippen molar-refractivity contribution in [3.05, 3.63) is 52.8 Å². The van der Waals surface area contributed by atoms with Crippen molar-refractivity contribution in [1.82, 2.24) is 9.78 Å². The molecule has 1 heterocycles. The molecule has 0 radical (unpaired) electrons. The summed E-state index contributed by atoms with van der Waals surface area (Å²) in [4.78, 5) is 12.1. The predicted octanol–water partition coefficient (Wildman–Crippen LogP) is 2.02. The third-order valence-corrected chi connectivity index (χ3v) is 2.94. The molecule has 0 aliphatic heterocycles. The molecule has 7 heteroatoms. The van der Waals surface area contributed by atoms with Gasteiger partial charge in [0.15, 0.2) is 0 Å². The maximum atomic E-state index is 12.1. The van der Waals surface area contributed by atoms with Gasteiger partial charge >= 0.3 is 5.97 Å². The molecule has 2 aromatic rings. The summed E-state index contributed by atoms with van der Waals surface area (Å²) in [6.45, 7) is 3.57. The number of nitrogens with one attached hydrogen (secondary N) is 1. The van der Waals surface area contributed by atoms with Gasteiger partial charge in [-0.3, -0.25) is 5.41 Å². The molecule has 2 rings (SSSR count). The number of benzene rings is 1. The quantitative estimate of drug-likeness (QED) is 0.515. The Hall–Kier alpha value is -2.34. The van der Waals surface area contributed by atoms with E-state index in [1.807, 2.05) is 30.3 Å². The van der Waals surface area contributed by atoms with E-state index in [-0.39, 0.29) is 25.0 Å². The molecule has 21 heavy (non-hydrogen) atoms. The molecule has 0 unspecified atom stereocenters. The number of carbonyl (C=O) groups excluding carboxylic acids is 1. The molecule has 0 spiro atoms. The monoisotopic (exact) mass is 308 g/mol. The zero-order valence-electron chi connectivity index (χ0n) is 11.8. The average molecular weight is 309 g/mol. The second-order valence-electron chi connectivity index (χ2n) is 4.40. The van der Waals surface area contributed by atoms with Gasteiger partial charge in [0.2, 0.25) is 5.96 Å². The van der Waals surface area contributed by atoms with Crippen molar-refractivity contribution >= 4 is 24.3 Å². The normalized spacial score (nSPS) is 9.81. The van der Waals surface area contributed by atoms with Crippen LogP contribution in [0.25, 0.3) is 0 Å². The number of aromatic nitrogens is 2. The van der Waals surface area contributed by atoms with Crippen LogP contribution in [0, 0.1) is 19.3 Å². The van der Waals surface area contributed by atoms with Crippen LogP contribution >= 0.6 is 12.4 Å². The van der Waals surface area contributed by atoms with Crippen LogP contribution in [0.1, 0.15) is 27.3 Å². The number of halogens is 1. The van der Waals surface area contributed by atoms with Gasteiger partial charge in [0.25, 0.3) is 0 Å². The first-order valence-electron chi connectivity index (χ1n) is 6.12. The van der Waals surface area contributed by atoms with Crippen molar-refractivity contribution in [1.29, 1.82) is 5.41 Å². The van der Waals surface area contributed by atoms with Gasteiger partial charge in [0.05, 0.1) is 11.4 Å². The van der Waals surface area contributed by atoms with Crippen molar-refractivity contribution in [2.24, 2.45) is 5.73 Å². The van der Waals surface area contributed by atoms with Crippen molar-refractivity contribution in [3.63, 3.8) is 0 Å². The first-order chi connectivity index (χ1) is 9.50. The lowest BCUT2D eigenvalue weighted by atomic mass is 10.2. The van der Waals surface area contributed by atoms with Gasteiger partial charge in [-0.1, -0.05) is 30.3 Å². The largest absolute Gasteiger partial charge is 0.457 e. The van der Waals surface area contributed by atoms with Gasteiger partial charge in [-0.25, -0.2) is 9.48 Å². The average Bonchev–Trinajstić information content (AvgIpc) is 2.73. The minimum absolute atomic E-state index is 0. The number of nitrogen functional groups attached to an aromatic ring is 1. The van der Waals surface area contributed by atoms with Crippen LogP contribution in [-0.4, -0.2) is 21.7 Å². The maximum absolute atomic E-state index is 12.1. The summed E-state index contributed by atoms with van der Waals surface area (Å²) < 4.78 is 6.48. The molecule has 0 saturated carbocycles. The SMILES string of the molecule is Cc1nn(C(=N)N)c(C)c1C(=O)OCc1ccccc1.Cl. The van der Waals surface area contributed by atoms with E-state index in [4.69, 9.17) is 15.9 Å². The summed E-state index contributed by atoms with van der Waals surface area (Å²) in [5.74, 6) is -0.691. The second kappa shape index (κ2) is 6.90. The van der Waals surface area contributed by atoms with Crippen LogP contribution in [0.5, 0.6) is 0 Å². The van der Waals surface area contributed by atoms with Crippen LogP contribution < -0.4 is 5.73 Å². The molecule has 0 aliphatic rings. The van der Waals surface area contributed by atoms with Crippen LogP contribution in [0.2, 0.25) is 0 Å². The van der Waals surface area contributed by atoms with Crippen molar-refractivity contribution in [2.75, 3.05) is 0 Å². The standard InChI is InChI=1S/C14H16N4O2.ClH/c1-9-12(10(2)18(17-9)14(15)16)13(19)20-8-11-6-4-3-5-7-11;/h3-7H,8H2,1-2H3,(H3,15,16);1H. The van der Waals surface area contributed by atoms with Crippen molar-refractivity contribution < 1.29 is 9.53 Å². The second-order valence-corrected chi connectivity index (χ2v) is 4.40. The van der Waals surface area contributed by atoms with Crippen LogP contribution in [-0.2, 0) is 11.3 Å². The fraction of sp³-hybridized carbons (Fsp3) is 0.214. The van der Waals surface area contributed by atoms with Gasteiger partial charge in [0, 0.05) is 0 Å². The Kier molecular flexibility index (Phi) is 5.49. The number of ether oxygens (including phenoxy) is 1. The molecule has 6 nitrogen and oxygen atoms in total. The molecule has 0 atom stereocenters. The van der Waals surface area contributed by atoms with E-state index < -0.39 is 5.97 Å². The fourth-order valence-corrected chi connectivity index (χ4v) is 1.97. The van der Waals surface area contributed by atoms with Gasteiger partial charge in [0.1, 0.15) is 12.2 Å². The predicted molar refractivity (Wildman–Crippen MR) is 81.8 cm³/mol. The van der Waals surface area contributed by atoms with Crippen molar-refractivity contribution in [2.45, 2.75) is 20.5 Å². The summed E-state index contributed by atoms with van der Waals surface area (Å²) in [5, 5.41) is 11.4. The van der Waals surface area contributed by atoms with Gasteiger partial charge < -0.3 is 10.5 Å². The third-order valence-electron chi connectivity index (χ3n) is 2.94. The molecular weight excluding hydrogens is 292 g/mol. The lowest BCUT2D eigenvalue weighted by Crippen LogP contribution is -2.23. The number of nitrogens with zero attached hydrogens (tertiary/aromatic N) is 2. The van der Waals surface area contributed by atoms with Gasteiger partial charge in [-0.2, -0.15) is 5.10 Å². The number of hydrogen-bond donors (Lipinski definition) is 2. The fourth-order valence-electron chi connectivity index (χ4n) is 1.97. The molecule has 0 bridgehead atoms. The molecular formula is C14H17ClN4O2. The minimum Gasteiger partial charge on any atom is -0.457 e. The summed E-state index contributed by atoms with van der Waals surface area (Å²) in [6.07, 6.45) is 0. The van der Waals surface area contributed by atoms with E-state index in [0.717, 1.165) is 5.56 Å². The number of aryl methyl sites for hydroxylation is 1. The topological polar surface area (TPSA) is 94.0 Å². The highest BCUT2D eigenvalue weighted by molar-refractivity contribution is 5.93. The lowest BCUT2D eigenvalue weighted by Gasteiger charge is -2.05. The Bertz CT molecular complexity index is 652. The minimum atomic E-state index is -0.462. The van der Waals surface area contributed by atoms with E-state index in [1.165, 1.54) is 4.68 Å². The Morgan fingerprint density at radius 3 is 2.48 bits per heavy atom. The first-order valence-corrected chi connectivity index (χ1v) is 6.12. The Labute approximate surface area is 128 Å². The number of esters is 1. The van der Waals surface area contributed by atoms with Crippen LogP contribution in [0.15, 0.2) is 30.3 Å². The van der Waals surface area contributed by atoms with Gasteiger partial charge in [-0.05, 0) is 19.4 Å². The molecule has 3 N–H and O–H groups in total. The molecule has 0 fully saturated rings. The van der Waals surface area contributed by atoms with Crippen molar-refractivity contribution in [3.8, 4) is 0 Å². The number of rotatable bonds is 3. The zero-order valence-corrected chi connectivity index (χ0v) is 12.6. The Balaban J connectivity index is 0.00000220. The van der Waals surface area contributed by atoms with E-state index in [0.29, 0.717) is 17.0 Å². The summed E-state index contributed by atoms with van der Waals surface area (Å²) in [5.41, 5.74) is 7.67. The summed E-state index contributed by atoms with van der Waals surface area (Å²) in [6, 6.07) is 9.43. The third kappa shape index (κ3) is 3.61. The van der Waals surface area contributed by atoms with Crippen LogP contribution in [0.4, 0.5) is 0 Å². The molecule has 1 aromatic heterocycles. The highest BCUT2D eigenvalue weighted by atomic mass is 35.5. The molecule has 0 aliphatic carbocycles. The molecule has 0 amide bonds. The Morgan fingerprint density at radius 2 is 1.95 bits per heavy atom. The lowest BCUT2D eigenvalue weighted by molar-refractivity contribution is 0.0471. The highest BCUT2D eigenvalue weighted by Crippen LogP contribution is 2.15. The molecule has 112 valence electrons. The molecule has 1 aromatic carbocycles. The van der Waals surface area contributed by atoms with Crippen LogP contribution in [0.3, 0.4) is 0 Å². The highest BCUT2D eigenvalue weighted by Gasteiger charge is 2.20. The van der Waals surface area contributed by atoms with E-state index >= 15 is 0 Å². The summed E-state index contributed by atoms with van der Waals surface area (Å²) in [7, 11) is 0. The number of carbonyl (C=O) groups is 1. The summed E-state index contributed by atoms with van der Waals surface area (Å²) >= 11 is 0. The van der Waals surface area contributed by atoms with E-state index in [1.54, 1.807) is 13.8 Å². The number of hydrogen-bond acceptors (Lipinski definition) is 4. The zero-order chi connectivity index (χ0) is 14.7. The van der Waals surface area contributed by atoms with E-state index in [2.05, 4.69) is 5.10 Å². The smallest absolute Gasteiger partial charge is 0.342 e. The Morgan fingerprint density at radius 1 is 1.33 bits per heavy atom. The number of nitrogens with two attached hydrogens (primary N) is 1. The first kappa shape index (κ1) is 16.7. The van der Waals surface area contributed by atoms with E-state index in [9.17, 15) is 4.79 Å².